The van der Waals surface area contributed by atoms with Crippen LogP contribution in [0.5, 0.6) is 0 Å². The van der Waals surface area contributed by atoms with Crippen molar-refractivity contribution < 1.29 is 9.59 Å². The molecule has 1 saturated heterocycles. The second kappa shape index (κ2) is 9.86. The molecule has 0 unspecified atom stereocenters. The molecule has 5 heteroatoms. The molecule has 2 aromatic rings. The second-order valence-corrected chi connectivity index (χ2v) is 9.76. The highest BCUT2D eigenvalue weighted by Crippen LogP contribution is 2.35. The standard InChI is InChI=1S/C27H35N3O2/c1-19-9-11-22(12-10-19)18-30-25(23-7-4-5-8-24(23)27(30)32)26(31)28-13-6-14-29-16-20(2)15-21(3)17-29/h4-5,7-12,20-21,25H,6,13-18H2,1-3H3,(H,28,31)/t20-,21-,25+/m0/s1. The predicted molar refractivity (Wildman–Crippen MR) is 127 cm³/mol. The minimum Gasteiger partial charge on any atom is -0.354 e. The number of likely N-dealkylation sites (tertiary alicyclic amines) is 1. The lowest BCUT2D eigenvalue weighted by Gasteiger charge is -2.35. The number of piperidine rings is 1. The van der Waals surface area contributed by atoms with E-state index in [-0.39, 0.29) is 11.8 Å². The molecule has 0 aromatic heterocycles. The zero-order chi connectivity index (χ0) is 22.7. The first-order valence-electron chi connectivity index (χ1n) is 11.9. The lowest BCUT2D eigenvalue weighted by Crippen LogP contribution is -2.41. The Morgan fingerprint density at radius 2 is 1.72 bits per heavy atom. The van der Waals surface area contributed by atoms with Gasteiger partial charge in [-0.25, -0.2) is 0 Å². The molecule has 0 bridgehead atoms. The van der Waals surface area contributed by atoms with E-state index in [2.05, 4.69) is 24.1 Å². The van der Waals surface area contributed by atoms with E-state index in [0.717, 1.165) is 49.0 Å². The monoisotopic (exact) mass is 433 g/mol. The van der Waals surface area contributed by atoms with Gasteiger partial charge in [-0.3, -0.25) is 9.59 Å². The Bertz CT molecular complexity index is 946. The first-order valence-corrected chi connectivity index (χ1v) is 11.9. The Balaban J connectivity index is 1.40. The molecule has 0 spiro atoms. The van der Waals surface area contributed by atoms with E-state index in [1.54, 1.807) is 4.90 Å². The van der Waals surface area contributed by atoms with Crippen molar-refractivity contribution in [1.29, 1.82) is 0 Å². The summed E-state index contributed by atoms with van der Waals surface area (Å²) in [5.74, 6) is 1.32. The number of carbonyl (C=O) groups is 2. The Labute approximate surface area is 191 Å². The summed E-state index contributed by atoms with van der Waals surface area (Å²) >= 11 is 0. The molecule has 32 heavy (non-hydrogen) atoms. The lowest BCUT2D eigenvalue weighted by atomic mass is 9.92. The molecule has 2 amide bonds. The predicted octanol–water partition coefficient (Wildman–Crippen LogP) is 4.18. The van der Waals surface area contributed by atoms with Crippen LogP contribution in [0.4, 0.5) is 0 Å². The minimum absolute atomic E-state index is 0.0717. The fraction of sp³-hybridized carbons (Fsp3) is 0.481. The third-order valence-electron chi connectivity index (χ3n) is 6.68. The Kier molecular flexibility index (Phi) is 6.95. The molecule has 0 saturated carbocycles. The van der Waals surface area contributed by atoms with Gasteiger partial charge >= 0.3 is 0 Å². The maximum absolute atomic E-state index is 13.2. The molecular weight excluding hydrogens is 398 g/mol. The SMILES string of the molecule is Cc1ccc(CN2C(=O)c3ccccc3[C@@H]2C(=O)NCCCN2C[C@@H](C)C[C@H](C)C2)cc1. The summed E-state index contributed by atoms with van der Waals surface area (Å²) < 4.78 is 0. The van der Waals surface area contributed by atoms with Gasteiger partial charge < -0.3 is 15.1 Å². The van der Waals surface area contributed by atoms with Gasteiger partial charge in [-0.2, -0.15) is 0 Å². The number of fused-ring (bicyclic) bond motifs is 1. The van der Waals surface area contributed by atoms with Crippen molar-refractivity contribution in [2.24, 2.45) is 11.8 Å². The van der Waals surface area contributed by atoms with Crippen LogP contribution in [0.2, 0.25) is 0 Å². The van der Waals surface area contributed by atoms with E-state index in [9.17, 15) is 9.59 Å². The van der Waals surface area contributed by atoms with Crippen molar-refractivity contribution in [2.75, 3.05) is 26.2 Å². The lowest BCUT2D eigenvalue weighted by molar-refractivity contribution is -0.125. The molecule has 2 heterocycles. The van der Waals surface area contributed by atoms with Gasteiger partial charge in [0.05, 0.1) is 0 Å². The quantitative estimate of drug-likeness (QED) is 0.667. The average molecular weight is 434 g/mol. The van der Waals surface area contributed by atoms with E-state index in [1.165, 1.54) is 12.0 Å². The molecular formula is C27H35N3O2. The van der Waals surface area contributed by atoms with Crippen molar-refractivity contribution in [3.63, 3.8) is 0 Å². The smallest absolute Gasteiger partial charge is 0.255 e. The topological polar surface area (TPSA) is 52.7 Å². The highest BCUT2D eigenvalue weighted by molar-refractivity contribution is 6.04. The van der Waals surface area contributed by atoms with E-state index in [1.807, 2.05) is 55.5 Å². The fourth-order valence-electron chi connectivity index (χ4n) is 5.29. The van der Waals surface area contributed by atoms with Crippen molar-refractivity contribution in [3.8, 4) is 0 Å². The van der Waals surface area contributed by atoms with E-state index < -0.39 is 6.04 Å². The summed E-state index contributed by atoms with van der Waals surface area (Å²) in [4.78, 5) is 30.6. The molecule has 2 aliphatic heterocycles. The van der Waals surface area contributed by atoms with Gasteiger partial charge in [0, 0.05) is 31.7 Å². The summed E-state index contributed by atoms with van der Waals surface area (Å²) in [5, 5.41) is 3.11. The third kappa shape index (κ3) is 5.04. The largest absolute Gasteiger partial charge is 0.354 e. The van der Waals surface area contributed by atoms with Crippen molar-refractivity contribution in [1.82, 2.24) is 15.1 Å². The van der Waals surface area contributed by atoms with E-state index in [4.69, 9.17) is 0 Å². The molecule has 0 aliphatic carbocycles. The number of nitrogens with one attached hydrogen (secondary N) is 1. The summed E-state index contributed by atoms with van der Waals surface area (Å²) in [6, 6.07) is 15.1. The van der Waals surface area contributed by atoms with Gasteiger partial charge in [0.2, 0.25) is 5.91 Å². The Morgan fingerprint density at radius 1 is 1.03 bits per heavy atom. The first-order chi connectivity index (χ1) is 15.4. The van der Waals surface area contributed by atoms with Crippen LogP contribution in [-0.4, -0.2) is 47.8 Å². The number of aryl methyl sites for hydroxylation is 1. The van der Waals surface area contributed by atoms with Crippen LogP contribution in [0, 0.1) is 18.8 Å². The highest BCUT2D eigenvalue weighted by Gasteiger charge is 2.40. The van der Waals surface area contributed by atoms with Crippen LogP contribution in [-0.2, 0) is 11.3 Å². The molecule has 1 N–H and O–H groups in total. The Morgan fingerprint density at radius 3 is 2.44 bits per heavy atom. The maximum atomic E-state index is 13.2. The van der Waals surface area contributed by atoms with Gasteiger partial charge in [-0.1, -0.05) is 61.9 Å². The summed E-state index contributed by atoms with van der Waals surface area (Å²) in [7, 11) is 0. The average Bonchev–Trinajstić information content (AvgIpc) is 3.04. The van der Waals surface area contributed by atoms with Gasteiger partial charge in [-0.05, 0) is 55.3 Å². The van der Waals surface area contributed by atoms with Crippen molar-refractivity contribution >= 4 is 11.8 Å². The molecule has 2 aromatic carbocycles. The van der Waals surface area contributed by atoms with Crippen LogP contribution in [0.25, 0.3) is 0 Å². The maximum Gasteiger partial charge on any atom is 0.255 e. The van der Waals surface area contributed by atoms with Crippen molar-refractivity contribution in [2.45, 2.75) is 46.2 Å². The van der Waals surface area contributed by atoms with Gasteiger partial charge in [0.15, 0.2) is 0 Å². The second-order valence-electron chi connectivity index (χ2n) is 9.76. The number of hydrogen-bond acceptors (Lipinski definition) is 3. The number of rotatable bonds is 7. The van der Waals surface area contributed by atoms with Crippen LogP contribution < -0.4 is 5.32 Å². The van der Waals surface area contributed by atoms with Gasteiger partial charge in [-0.15, -0.1) is 0 Å². The number of carbonyl (C=O) groups excluding carboxylic acids is 2. The number of benzene rings is 2. The van der Waals surface area contributed by atoms with E-state index >= 15 is 0 Å². The number of amides is 2. The fourth-order valence-corrected chi connectivity index (χ4v) is 5.29. The van der Waals surface area contributed by atoms with Crippen LogP contribution >= 0.6 is 0 Å². The molecule has 1 fully saturated rings. The molecule has 0 radical (unpaired) electrons. The summed E-state index contributed by atoms with van der Waals surface area (Å²) in [6.45, 7) is 11.0. The van der Waals surface area contributed by atoms with Crippen LogP contribution in [0.3, 0.4) is 0 Å². The number of hydrogen-bond donors (Lipinski definition) is 1. The van der Waals surface area contributed by atoms with Crippen LogP contribution in [0.1, 0.15) is 59.8 Å². The first kappa shape index (κ1) is 22.5. The van der Waals surface area contributed by atoms with E-state index in [0.29, 0.717) is 18.7 Å². The minimum atomic E-state index is -0.574. The molecule has 5 nitrogen and oxygen atoms in total. The molecule has 3 atom stereocenters. The zero-order valence-corrected chi connectivity index (χ0v) is 19.5. The number of nitrogens with zero attached hydrogens (tertiary/aromatic N) is 2. The Hall–Kier alpha value is -2.66. The van der Waals surface area contributed by atoms with Gasteiger partial charge in [0.25, 0.3) is 5.91 Å². The van der Waals surface area contributed by atoms with Gasteiger partial charge in [0.1, 0.15) is 6.04 Å². The van der Waals surface area contributed by atoms with Crippen molar-refractivity contribution in [3.05, 3.63) is 70.8 Å². The highest BCUT2D eigenvalue weighted by atomic mass is 16.2. The van der Waals surface area contributed by atoms with Crippen LogP contribution in [0.15, 0.2) is 48.5 Å². The molecule has 4 rings (SSSR count). The molecule has 2 aliphatic rings. The molecule has 170 valence electrons. The zero-order valence-electron chi connectivity index (χ0n) is 19.5. The summed E-state index contributed by atoms with van der Waals surface area (Å²) in [6.07, 6.45) is 2.23. The summed E-state index contributed by atoms with van der Waals surface area (Å²) in [5.41, 5.74) is 3.65. The normalized spacial score (nSPS) is 23.3. The third-order valence-corrected chi connectivity index (χ3v) is 6.68.